The smallest absolute Gasteiger partial charge is 0.142 e. The van der Waals surface area contributed by atoms with E-state index < -0.39 is 0 Å². The third-order valence-corrected chi connectivity index (χ3v) is 3.73. The number of aromatic nitrogens is 2. The topological polar surface area (TPSA) is 68.5 Å². The number of rotatable bonds is 9. The second-order valence-electron chi connectivity index (χ2n) is 5.29. The molecule has 0 amide bonds. The van der Waals surface area contributed by atoms with Crippen molar-refractivity contribution >= 4 is 5.69 Å². The Hall–Kier alpha value is -2.05. The lowest BCUT2D eigenvalue weighted by Crippen LogP contribution is -2.08. The van der Waals surface area contributed by atoms with Crippen LogP contribution in [0.5, 0.6) is 5.75 Å². The van der Waals surface area contributed by atoms with Gasteiger partial charge in [-0.15, -0.1) is 0 Å². The number of aryl methyl sites for hydroxylation is 1. The van der Waals surface area contributed by atoms with Gasteiger partial charge in [-0.05, 0) is 26.0 Å². The Balaban J connectivity index is 2.06. The molecule has 0 atom stereocenters. The number of methoxy groups -OCH3 is 1. The molecule has 6 heteroatoms. The van der Waals surface area contributed by atoms with Crippen molar-refractivity contribution in [3.05, 3.63) is 41.2 Å². The van der Waals surface area contributed by atoms with Crippen molar-refractivity contribution < 1.29 is 14.6 Å². The average molecular weight is 319 g/mol. The lowest BCUT2D eigenvalue weighted by Gasteiger charge is -2.13. The zero-order chi connectivity index (χ0) is 16.7. The van der Waals surface area contributed by atoms with Crippen molar-refractivity contribution in [1.29, 1.82) is 0 Å². The molecule has 23 heavy (non-hydrogen) atoms. The van der Waals surface area contributed by atoms with Gasteiger partial charge >= 0.3 is 0 Å². The summed E-state index contributed by atoms with van der Waals surface area (Å²) in [6.45, 7) is 6.34. The second kappa shape index (κ2) is 8.55. The molecule has 0 aliphatic carbocycles. The van der Waals surface area contributed by atoms with E-state index in [0.717, 1.165) is 28.4 Å². The number of aliphatic hydroxyl groups is 1. The molecule has 0 unspecified atom stereocenters. The molecule has 0 aliphatic heterocycles. The summed E-state index contributed by atoms with van der Waals surface area (Å²) >= 11 is 0. The van der Waals surface area contributed by atoms with E-state index in [4.69, 9.17) is 14.6 Å². The van der Waals surface area contributed by atoms with Gasteiger partial charge in [0.15, 0.2) is 0 Å². The molecule has 6 nitrogen and oxygen atoms in total. The van der Waals surface area contributed by atoms with E-state index in [1.807, 2.05) is 42.8 Å². The minimum absolute atomic E-state index is 0.0883. The molecule has 1 aromatic carbocycles. The molecular weight excluding hydrogens is 294 g/mol. The first-order valence-corrected chi connectivity index (χ1v) is 7.75. The van der Waals surface area contributed by atoms with Crippen LogP contribution in [0.2, 0.25) is 0 Å². The zero-order valence-electron chi connectivity index (χ0n) is 14.0. The lowest BCUT2D eigenvalue weighted by molar-refractivity contribution is 0.146. The Kier molecular flexibility index (Phi) is 6.43. The lowest BCUT2D eigenvalue weighted by atomic mass is 10.2. The van der Waals surface area contributed by atoms with Crippen LogP contribution in [0.25, 0.3) is 0 Å². The first kappa shape index (κ1) is 17.3. The van der Waals surface area contributed by atoms with E-state index in [2.05, 4.69) is 10.4 Å². The van der Waals surface area contributed by atoms with Gasteiger partial charge in [0.05, 0.1) is 31.1 Å². The standard InChI is InChI=1S/C17H25N3O3/c1-13-15(14(2)20(19-13)8-9-21)12-18-16-6-4-5-7-17(16)23-11-10-22-3/h4-7,18,21H,8-12H2,1-3H3. The van der Waals surface area contributed by atoms with Crippen LogP contribution in [0.1, 0.15) is 17.0 Å². The van der Waals surface area contributed by atoms with Crippen LogP contribution in [0.4, 0.5) is 5.69 Å². The number of hydrogen-bond donors (Lipinski definition) is 2. The first-order valence-electron chi connectivity index (χ1n) is 7.75. The summed E-state index contributed by atoms with van der Waals surface area (Å²) in [7, 11) is 1.66. The van der Waals surface area contributed by atoms with Crippen molar-refractivity contribution in [2.24, 2.45) is 0 Å². The fourth-order valence-corrected chi connectivity index (χ4v) is 2.46. The summed E-state index contributed by atoms with van der Waals surface area (Å²) in [5, 5.41) is 17.0. The third-order valence-electron chi connectivity index (χ3n) is 3.73. The van der Waals surface area contributed by atoms with Gasteiger partial charge in [0.2, 0.25) is 0 Å². The number of ether oxygens (including phenoxy) is 2. The molecule has 1 heterocycles. The SMILES string of the molecule is COCCOc1ccccc1NCc1c(C)nn(CCO)c1C. The second-order valence-corrected chi connectivity index (χ2v) is 5.29. The number of benzene rings is 1. The van der Waals surface area contributed by atoms with Crippen LogP contribution in [0.3, 0.4) is 0 Å². The maximum absolute atomic E-state index is 9.09. The molecular formula is C17H25N3O3. The highest BCUT2D eigenvalue weighted by Gasteiger charge is 2.12. The largest absolute Gasteiger partial charge is 0.489 e. The summed E-state index contributed by atoms with van der Waals surface area (Å²) in [6.07, 6.45) is 0. The first-order chi connectivity index (χ1) is 11.2. The van der Waals surface area contributed by atoms with Crippen LogP contribution in [-0.4, -0.2) is 41.8 Å². The van der Waals surface area contributed by atoms with Gasteiger partial charge in [-0.3, -0.25) is 4.68 Å². The van der Waals surface area contributed by atoms with Crippen LogP contribution >= 0.6 is 0 Å². The molecule has 0 spiro atoms. The van der Waals surface area contributed by atoms with Gasteiger partial charge in [-0.25, -0.2) is 0 Å². The van der Waals surface area contributed by atoms with Gasteiger partial charge in [0.25, 0.3) is 0 Å². The molecule has 2 aromatic rings. The summed E-state index contributed by atoms with van der Waals surface area (Å²) in [5.74, 6) is 0.808. The Labute approximate surface area is 137 Å². The van der Waals surface area contributed by atoms with Crippen molar-refractivity contribution in [1.82, 2.24) is 9.78 Å². The van der Waals surface area contributed by atoms with Crippen molar-refractivity contribution in [3.8, 4) is 5.75 Å². The van der Waals surface area contributed by atoms with Gasteiger partial charge < -0.3 is 19.9 Å². The Bertz CT molecular complexity index is 626. The van der Waals surface area contributed by atoms with Crippen LogP contribution in [0.15, 0.2) is 24.3 Å². The van der Waals surface area contributed by atoms with Crippen LogP contribution < -0.4 is 10.1 Å². The van der Waals surface area contributed by atoms with Gasteiger partial charge in [-0.1, -0.05) is 12.1 Å². The molecule has 1 aromatic heterocycles. The number of para-hydroxylation sites is 2. The average Bonchev–Trinajstić information content (AvgIpc) is 2.81. The molecule has 126 valence electrons. The summed E-state index contributed by atoms with van der Waals surface area (Å²) < 4.78 is 12.6. The van der Waals surface area contributed by atoms with E-state index in [-0.39, 0.29) is 6.61 Å². The number of nitrogens with zero attached hydrogens (tertiary/aromatic N) is 2. The van der Waals surface area contributed by atoms with E-state index in [0.29, 0.717) is 26.3 Å². The number of hydrogen-bond acceptors (Lipinski definition) is 5. The van der Waals surface area contributed by atoms with E-state index in [9.17, 15) is 0 Å². The number of anilines is 1. The highest BCUT2D eigenvalue weighted by atomic mass is 16.5. The van der Waals surface area contributed by atoms with Crippen LogP contribution in [0, 0.1) is 13.8 Å². The minimum Gasteiger partial charge on any atom is -0.489 e. The summed E-state index contributed by atoms with van der Waals surface area (Å²) in [5.41, 5.74) is 4.13. The predicted octanol–water partition coefficient (Wildman–Crippen LogP) is 2.13. The molecule has 0 radical (unpaired) electrons. The normalized spacial score (nSPS) is 10.8. The third kappa shape index (κ3) is 4.46. The quantitative estimate of drug-likeness (QED) is 0.693. The Morgan fingerprint density at radius 2 is 2.00 bits per heavy atom. The van der Waals surface area contributed by atoms with Crippen molar-refractivity contribution in [2.45, 2.75) is 26.9 Å². The number of aliphatic hydroxyl groups excluding tert-OH is 1. The van der Waals surface area contributed by atoms with E-state index in [1.165, 1.54) is 0 Å². The van der Waals surface area contributed by atoms with Crippen molar-refractivity contribution in [2.75, 3.05) is 32.2 Å². The molecule has 0 bridgehead atoms. The molecule has 0 aliphatic rings. The molecule has 2 rings (SSSR count). The molecule has 0 fully saturated rings. The summed E-state index contributed by atoms with van der Waals surface area (Å²) in [4.78, 5) is 0. The minimum atomic E-state index is 0.0883. The van der Waals surface area contributed by atoms with Crippen molar-refractivity contribution in [3.63, 3.8) is 0 Å². The van der Waals surface area contributed by atoms with E-state index >= 15 is 0 Å². The predicted molar refractivity (Wildman–Crippen MR) is 89.9 cm³/mol. The maximum atomic E-state index is 9.09. The zero-order valence-corrected chi connectivity index (χ0v) is 14.0. The fraction of sp³-hybridized carbons (Fsp3) is 0.471. The monoisotopic (exact) mass is 319 g/mol. The number of nitrogens with one attached hydrogen (secondary N) is 1. The summed E-state index contributed by atoms with van der Waals surface area (Å²) in [6, 6.07) is 7.85. The Morgan fingerprint density at radius 1 is 1.22 bits per heavy atom. The molecule has 0 saturated heterocycles. The van der Waals surface area contributed by atoms with Crippen LogP contribution in [-0.2, 0) is 17.8 Å². The maximum Gasteiger partial charge on any atom is 0.142 e. The molecule has 2 N–H and O–H groups in total. The highest BCUT2D eigenvalue weighted by Crippen LogP contribution is 2.25. The van der Waals surface area contributed by atoms with Gasteiger partial charge in [0.1, 0.15) is 12.4 Å². The van der Waals surface area contributed by atoms with Gasteiger partial charge in [0, 0.05) is 24.9 Å². The highest BCUT2D eigenvalue weighted by molar-refractivity contribution is 5.56. The van der Waals surface area contributed by atoms with E-state index in [1.54, 1.807) is 7.11 Å². The Morgan fingerprint density at radius 3 is 2.74 bits per heavy atom. The fourth-order valence-electron chi connectivity index (χ4n) is 2.46. The molecule has 0 saturated carbocycles. The van der Waals surface area contributed by atoms with Gasteiger partial charge in [-0.2, -0.15) is 5.10 Å².